The topological polar surface area (TPSA) is 71.5 Å². The van der Waals surface area contributed by atoms with Crippen molar-refractivity contribution in [2.45, 2.75) is 50.5 Å². The summed E-state index contributed by atoms with van der Waals surface area (Å²) in [4.78, 5) is 32.2. The van der Waals surface area contributed by atoms with Crippen molar-refractivity contribution < 1.29 is 14.3 Å². The van der Waals surface area contributed by atoms with Gasteiger partial charge in [-0.1, -0.05) is 49.6 Å². The quantitative estimate of drug-likeness (QED) is 0.753. The van der Waals surface area contributed by atoms with Crippen molar-refractivity contribution in [3.05, 3.63) is 54.4 Å². The zero-order valence-electron chi connectivity index (χ0n) is 18.9. The van der Waals surface area contributed by atoms with Crippen LogP contribution in [-0.2, 0) is 20.7 Å². The molecule has 0 bridgehead atoms. The van der Waals surface area contributed by atoms with Gasteiger partial charge in [-0.3, -0.25) is 14.6 Å². The third-order valence-electron chi connectivity index (χ3n) is 6.78. The number of hydrogen-bond acceptors (Lipinski definition) is 4. The van der Waals surface area contributed by atoms with Crippen molar-refractivity contribution in [2.75, 3.05) is 26.7 Å². The highest BCUT2D eigenvalue weighted by atomic mass is 16.5. The standard InChI is InChI=1S/C26H33N3O3/c1-27-25(31)26(17-21-9-5-10-22(15-21)23-11-6-12-28-18-23)19-29(13-14-32-26)24(30)16-20-7-3-2-4-8-20/h5-6,9-12,15,18,20H,2-4,7-8,13-14,16-17,19H2,1H3,(H,27,31)/t26-/m0/s1. The predicted octanol–water partition coefficient (Wildman–Crippen LogP) is 3.61. The molecule has 1 atom stereocenters. The van der Waals surface area contributed by atoms with E-state index < -0.39 is 5.60 Å². The second-order valence-corrected chi connectivity index (χ2v) is 9.06. The molecule has 2 aromatic rings. The fourth-order valence-corrected chi connectivity index (χ4v) is 5.04. The van der Waals surface area contributed by atoms with Crippen LogP contribution >= 0.6 is 0 Å². The van der Waals surface area contributed by atoms with E-state index in [1.807, 2.05) is 41.4 Å². The summed E-state index contributed by atoms with van der Waals surface area (Å²) in [5, 5.41) is 2.77. The summed E-state index contributed by atoms with van der Waals surface area (Å²) in [5.74, 6) is 0.446. The number of nitrogens with zero attached hydrogens (tertiary/aromatic N) is 2. The second-order valence-electron chi connectivity index (χ2n) is 9.06. The maximum atomic E-state index is 13.1. The van der Waals surface area contributed by atoms with Crippen LogP contribution in [-0.4, -0.2) is 54.0 Å². The first-order chi connectivity index (χ1) is 15.6. The van der Waals surface area contributed by atoms with Crippen molar-refractivity contribution in [1.82, 2.24) is 15.2 Å². The molecular weight excluding hydrogens is 402 g/mol. The highest BCUT2D eigenvalue weighted by molar-refractivity contribution is 5.87. The molecule has 170 valence electrons. The van der Waals surface area contributed by atoms with Gasteiger partial charge in [-0.2, -0.15) is 0 Å². The van der Waals surface area contributed by atoms with Gasteiger partial charge in [0.25, 0.3) is 5.91 Å². The molecule has 0 radical (unpaired) electrons. The van der Waals surface area contributed by atoms with E-state index in [0.717, 1.165) is 29.5 Å². The van der Waals surface area contributed by atoms with E-state index in [4.69, 9.17) is 4.74 Å². The first-order valence-corrected chi connectivity index (χ1v) is 11.7. The van der Waals surface area contributed by atoms with Crippen LogP contribution in [0.5, 0.6) is 0 Å². The summed E-state index contributed by atoms with van der Waals surface area (Å²) in [6, 6.07) is 12.0. The summed E-state index contributed by atoms with van der Waals surface area (Å²) in [6.07, 6.45) is 10.6. The largest absolute Gasteiger partial charge is 0.361 e. The normalized spacial score (nSPS) is 21.8. The Morgan fingerprint density at radius 3 is 2.72 bits per heavy atom. The third kappa shape index (κ3) is 5.18. The summed E-state index contributed by atoms with van der Waals surface area (Å²) in [6.45, 7) is 1.20. The summed E-state index contributed by atoms with van der Waals surface area (Å²) < 4.78 is 6.12. The van der Waals surface area contributed by atoms with Crippen LogP contribution < -0.4 is 5.32 Å². The molecule has 1 saturated carbocycles. The SMILES string of the molecule is CNC(=O)[C@]1(Cc2cccc(-c3cccnc3)c2)CN(C(=O)CC2CCCCC2)CCO1. The van der Waals surface area contributed by atoms with Gasteiger partial charge in [-0.15, -0.1) is 0 Å². The van der Waals surface area contributed by atoms with Crippen LogP contribution in [0.3, 0.4) is 0 Å². The number of nitrogens with one attached hydrogen (secondary N) is 1. The van der Waals surface area contributed by atoms with E-state index in [1.165, 1.54) is 19.3 Å². The number of aromatic nitrogens is 1. The van der Waals surface area contributed by atoms with Crippen LogP contribution in [0.25, 0.3) is 11.1 Å². The van der Waals surface area contributed by atoms with E-state index >= 15 is 0 Å². The second kappa shape index (κ2) is 10.3. The van der Waals surface area contributed by atoms with Gasteiger partial charge < -0.3 is 15.0 Å². The van der Waals surface area contributed by atoms with E-state index in [1.54, 1.807) is 13.2 Å². The number of rotatable bonds is 6. The molecule has 1 aliphatic carbocycles. The molecule has 2 fully saturated rings. The molecule has 4 rings (SSSR count). The molecule has 32 heavy (non-hydrogen) atoms. The monoisotopic (exact) mass is 435 g/mol. The average Bonchev–Trinajstić information content (AvgIpc) is 2.85. The maximum Gasteiger partial charge on any atom is 0.254 e. The van der Waals surface area contributed by atoms with Crippen LogP contribution in [0.15, 0.2) is 48.8 Å². The van der Waals surface area contributed by atoms with Crippen LogP contribution in [0.1, 0.15) is 44.1 Å². The van der Waals surface area contributed by atoms with Gasteiger partial charge in [-0.05, 0) is 41.5 Å². The zero-order chi connectivity index (χ0) is 22.4. The highest BCUT2D eigenvalue weighted by Crippen LogP contribution is 2.30. The Labute approximate surface area is 190 Å². The van der Waals surface area contributed by atoms with Gasteiger partial charge in [0.15, 0.2) is 5.60 Å². The Morgan fingerprint density at radius 1 is 1.16 bits per heavy atom. The Hall–Kier alpha value is -2.73. The summed E-state index contributed by atoms with van der Waals surface area (Å²) in [5.41, 5.74) is 1.99. The lowest BCUT2D eigenvalue weighted by molar-refractivity contribution is -0.166. The molecule has 6 heteroatoms. The Balaban J connectivity index is 1.52. The Morgan fingerprint density at radius 2 is 1.97 bits per heavy atom. The minimum Gasteiger partial charge on any atom is -0.361 e. The first kappa shape index (κ1) is 22.5. The Bertz CT molecular complexity index is 927. The van der Waals surface area contributed by atoms with Crippen molar-refractivity contribution >= 4 is 11.8 Å². The number of benzene rings is 1. The van der Waals surface area contributed by atoms with Crippen molar-refractivity contribution in [2.24, 2.45) is 5.92 Å². The number of amides is 2. The minimum atomic E-state index is -1.08. The summed E-state index contributed by atoms with van der Waals surface area (Å²) >= 11 is 0. The fraction of sp³-hybridized carbons (Fsp3) is 0.500. The van der Waals surface area contributed by atoms with Gasteiger partial charge in [0.2, 0.25) is 5.91 Å². The third-order valence-corrected chi connectivity index (χ3v) is 6.78. The van der Waals surface area contributed by atoms with Crippen LogP contribution in [0.2, 0.25) is 0 Å². The lowest BCUT2D eigenvalue weighted by Crippen LogP contribution is -2.61. The van der Waals surface area contributed by atoms with E-state index in [2.05, 4.69) is 16.4 Å². The van der Waals surface area contributed by atoms with Crippen LogP contribution in [0, 0.1) is 5.92 Å². The molecule has 2 heterocycles. The molecule has 2 aliphatic rings. The number of ether oxygens (including phenoxy) is 1. The van der Waals surface area contributed by atoms with E-state index in [0.29, 0.717) is 31.9 Å². The van der Waals surface area contributed by atoms with Gasteiger partial charge in [0.05, 0.1) is 13.2 Å². The molecule has 1 aromatic heterocycles. The minimum absolute atomic E-state index is 0.151. The molecule has 1 saturated heterocycles. The van der Waals surface area contributed by atoms with Gasteiger partial charge in [-0.25, -0.2) is 0 Å². The molecular formula is C26H33N3O3. The Kier molecular flexibility index (Phi) is 7.20. The molecule has 1 aliphatic heterocycles. The highest BCUT2D eigenvalue weighted by Gasteiger charge is 2.44. The average molecular weight is 436 g/mol. The lowest BCUT2D eigenvalue weighted by Gasteiger charge is -2.42. The maximum absolute atomic E-state index is 13.1. The predicted molar refractivity (Wildman–Crippen MR) is 124 cm³/mol. The first-order valence-electron chi connectivity index (χ1n) is 11.7. The van der Waals surface area contributed by atoms with E-state index in [9.17, 15) is 9.59 Å². The van der Waals surface area contributed by atoms with Gasteiger partial charge in [0.1, 0.15) is 0 Å². The smallest absolute Gasteiger partial charge is 0.254 e. The number of carbonyl (C=O) groups excluding carboxylic acids is 2. The number of carbonyl (C=O) groups is 2. The number of morpholine rings is 1. The van der Waals surface area contributed by atoms with E-state index in [-0.39, 0.29) is 18.4 Å². The molecule has 1 N–H and O–H groups in total. The molecule has 1 aromatic carbocycles. The number of likely N-dealkylation sites (N-methyl/N-ethyl adjacent to an activating group) is 1. The zero-order valence-corrected chi connectivity index (χ0v) is 18.9. The number of hydrogen-bond donors (Lipinski definition) is 1. The molecule has 0 spiro atoms. The van der Waals surface area contributed by atoms with Gasteiger partial charge >= 0.3 is 0 Å². The van der Waals surface area contributed by atoms with Crippen LogP contribution in [0.4, 0.5) is 0 Å². The van der Waals surface area contributed by atoms with Crippen molar-refractivity contribution in [3.63, 3.8) is 0 Å². The lowest BCUT2D eigenvalue weighted by atomic mass is 9.86. The van der Waals surface area contributed by atoms with Gasteiger partial charge in [0, 0.05) is 38.8 Å². The number of pyridine rings is 1. The molecule has 6 nitrogen and oxygen atoms in total. The molecule has 0 unspecified atom stereocenters. The van der Waals surface area contributed by atoms with Crippen molar-refractivity contribution in [1.29, 1.82) is 0 Å². The fourth-order valence-electron chi connectivity index (χ4n) is 5.04. The molecule has 2 amide bonds. The summed E-state index contributed by atoms with van der Waals surface area (Å²) in [7, 11) is 1.63. The van der Waals surface area contributed by atoms with Crippen molar-refractivity contribution in [3.8, 4) is 11.1 Å².